The predicted octanol–water partition coefficient (Wildman–Crippen LogP) is 6.19. The van der Waals surface area contributed by atoms with Crippen LogP contribution in [0, 0.1) is 29.6 Å². The summed E-state index contributed by atoms with van der Waals surface area (Å²) in [7, 11) is 0. The molecular weight excluding hydrogens is 346 g/mol. The summed E-state index contributed by atoms with van der Waals surface area (Å²) >= 11 is 0. The van der Waals surface area contributed by atoms with Crippen molar-refractivity contribution in [3.63, 3.8) is 0 Å². The van der Waals surface area contributed by atoms with Gasteiger partial charge >= 0.3 is 0 Å². The summed E-state index contributed by atoms with van der Waals surface area (Å²) in [4.78, 5) is 4.64. The number of nitrogens with zero attached hydrogens (tertiary/aromatic N) is 2. The third kappa shape index (κ3) is 4.20. The highest BCUT2D eigenvalue weighted by molar-refractivity contribution is 5.83. The lowest BCUT2D eigenvalue weighted by Crippen LogP contribution is -2.10. The molecule has 0 aliphatic carbocycles. The average molecular weight is 371 g/mol. The van der Waals surface area contributed by atoms with E-state index < -0.39 is 0 Å². The molecule has 3 rings (SSSR count). The Kier molecular flexibility index (Phi) is 6.06. The summed E-state index contributed by atoms with van der Waals surface area (Å²) in [5, 5.41) is 17.8. The van der Waals surface area contributed by atoms with Crippen LogP contribution in [0.1, 0.15) is 43.7 Å². The first-order chi connectivity index (χ1) is 13.5. The molecule has 0 aliphatic heterocycles. The standard InChI is InChI=1S/C24H25N3O/c1-4-16(2)22(26)12-13-23-17(3)28-24(27-23)19-10-11-21(20(14-19)15-25)18-8-6-5-7-9-18/h5-11,14,16,26H,4,12-13H2,1-3H3/t16-/m1/s1. The molecule has 1 heterocycles. The van der Waals surface area contributed by atoms with Crippen molar-refractivity contribution in [2.75, 3.05) is 0 Å². The van der Waals surface area contributed by atoms with Crippen LogP contribution in [0.2, 0.25) is 0 Å². The molecule has 0 aliphatic rings. The molecule has 0 unspecified atom stereocenters. The van der Waals surface area contributed by atoms with Gasteiger partial charge in [0.25, 0.3) is 0 Å². The average Bonchev–Trinajstić information content (AvgIpc) is 3.12. The van der Waals surface area contributed by atoms with Crippen molar-refractivity contribution in [2.45, 2.75) is 40.0 Å². The third-order valence-corrected chi connectivity index (χ3v) is 5.20. The van der Waals surface area contributed by atoms with Gasteiger partial charge in [-0.15, -0.1) is 0 Å². The van der Waals surface area contributed by atoms with E-state index in [1.54, 1.807) is 0 Å². The van der Waals surface area contributed by atoms with Crippen LogP contribution >= 0.6 is 0 Å². The molecule has 0 bridgehead atoms. The van der Waals surface area contributed by atoms with Gasteiger partial charge in [0.15, 0.2) is 0 Å². The Morgan fingerprint density at radius 1 is 1.18 bits per heavy atom. The largest absolute Gasteiger partial charge is 0.441 e. The lowest BCUT2D eigenvalue weighted by Gasteiger charge is -2.09. The van der Waals surface area contributed by atoms with Crippen LogP contribution in [0.25, 0.3) is 22.6 Å². The highest BCUT2D eigenvalue weighted by Gasteiger charge is 2.15. The fourth-order valence-corrected chi connectivity index (χ4v) is 3.17. The Labute approximate surface area is 166 Å². The summed E-state index contributed by atoms with van der Waals surface area (Å²) in [6, 6.07) is 17.9. The molecule has 4 nitrogen and oxygen atoms in total. The third-order valence-electron chi connectivity index (χ3n) is 5.20. The molecule has 0 radical (unpaired) electrons. The van der Waals surface area contributed by atoms with Crippen LogP contribution in [0.4, 0.5) is 0 Å². The van der Waals surface area contributed by atoms with E-state index in [1.165, 1.54) is 0 Å². The number of rotatable bonds is 7. The van der Waals surface area contributed by atoms with Gasteiger partial charge in [-0.2, -0.15) is 5.26 Å². The van der Waals surface area contributed by atoms with E-state index >= 15 is 0 Å². The molecule has 3 aromatic rings. The van der Waals surface area contributed by atoms with Gasteiger partial charge < -0.3 is 9.83 Å². The highest BCUT2D eigenvalue weighted by atomic mass is 16.4. The monoisotopic (exact) mass is 371 g/mol. The smallest absolute Gasteiger partial charge is 0.226 e. The molecule has 0 fully saturated rings. The van der Waals surface area contributed by atoms with Crippen molar-refractivity contribution >= 4 is 5.71 Å². The van der Waals surface area contributed by atoms with Crippen molar-refractivity contribution in [1.82, 2.24) is 4.98 Å². The van der Waals surface area contributed by atoms with Gasteiger partial charge in [-0.05, 0) is 55.4 Å². The first-order valence-corrected chi connectivity index (χ1v) is 9.67. The second-order valence-electron chi connectivity index (χ2n) is 7.09. The van der Waals surface area contributed by atoms with Crippen molar-refractivity contribution in [3.8, 4) is 28.7 Å². The molecule has 2 aromatic carbocycles. The highest BCUT2D eigenvalue weighted by Crippen LogP contribution is 2.29. The van der Waals surface area contributed by atoms with E-state index in [0.717, 1.165) is 40.3 Å². The molecule has 142 valence electrons. The van der Waals surface area contributed by atoms with Gasteiger partial charge in [0, 0.05) is 11.3 Å². The second-order valence-corrected chi connectivity index (χ2v) is 7.09. The van der Waals surface area contributed by atoms with Gasteiger partial charge in [-0.1, -0.05) is 50.2 Å². The van der Waals surface area contributed by atoms with Gasteiger partial charge in [-0.3, -0.25) is 0 Å². The normalized spacial score (nSPS) is 11.8. The topological polar surface area (TPSA) is 73.7 Å². The molecule has 1 aromatic heterocycles. The lowest BCUT2D eigenvalue weighted by molar-refractivity contribution is 0.539. The fourth-order valence-electron chi connectivity index (χ4n) is 3.17. The van der Waals surface area contributed by atoms with Gasteiger partial charge in [0.2, 0.25) is 5.89 Å². The maximum Gasteiger partial charge on any atom is 0.226 e. The van der Waals surface area contributed by atoms with Crippen LogP contribution in [-0.4, -0.2) is 10.7 Å². The minimum absolute atomic E-state index is 0.301. The van der Waals surface area contributed by atoms with E-state index in [1.807, 2.05) is 55.5 Å². The first kappa shape index (κ1) is 19.6. The SMILES string of the molecule is CC[C@@H](C)C(=N)CCc1nc(-c2ccc(-c3ccccc3)c(C#N)c2)oc1C. The quantitative estimate of drug-likeness (QED) is 0.503. The van der Waals surface area contributed by atoms with E-state index in [0.29, 0.717) is 30.2 Å². The number of benzene rings is 2. The van der Waals surface area contributed by atoms with Crippen LogP contribution in [0.15, 0.2) is 52.9 Å². The van der Waals surface area contributed by atoms with Gasteiger partial charge in [0.1, 0.15) is 5.76 Å². The number of aryl methyl sites for hydroxylation is 2. The second kappa shape index (κ2) is 8.67. The molecule has 0 amide bonds. The molecule has 1 atom stereocenters. The maximum atomic E-state index is 9.61. The molecule has 0 saturated carbocycles. The zero-order valence-electron chi connectivity index (χ0n) is 16.6. The van der Waals surface area contributed by atoms with Crippen molar-refractivity contribution in [2.24, 2.45) is 5.92 Å². The zero-order chi connectivity index (χ0) is 20.1. The maximum absolute atomic E-state index is 9.61. The Balaban J connectivity index is 1.85. The van der Waals surface area contributed by atoms with Crippen LogP contribution in [-0.2, 0) is 6.42 Å². The van der Waals surface area contributed by atoms with Crippen LogP contribution < -0.4 is 0 Å². The minimum atomic E-state index is 0.301. The Bertz CT molecular complexity index is 1010. The Morgan fingerprint density at radius 2 is 1.93 bits per heavy atom. The van der Waals surface area contributed by atoms with Crippen LogP contribution in [0.3, 0.4) is 0 Å². The Hall–Kier alpha value is -3.19. The number of aromatic nitrogens is 1. The molecule has 4 heteroatoms. The van der Waals surface area contributed by atoms with Gasteiger partial charge in [0.05, 0.1) is 17.3 Å². The number of oxazole rings is 1. The van der Waals surface area contributed by atoms with E-state index in [-0.39, 0.29) is 0 Å². The number of hydrogen-bond donors (Lipinski definition) is 1. The molecule has 0 saturated heterocycles. The number of nitrogens with one attached hydrogen (secondary N) is 1. The predicted molar refractivity (Wildman–Crippen MR) is 112 cm³/mol. The molecule has 0 spiro atoms. The molecular formula is C24H25N3O. The van der Waals surface area contributed by atoms with E-state index in [4.69, 9.17) is 9.83 Å². The molecule has 1 N–H and O–H groups in total. The zero-order valence-corrected chi connectivity index (χ0v) is 16.6. The number of nitriles is 1. The van der Waals surface area contributed by atoms with Crippen LogP contribution in [0.5, 0.6) is 0 Å². The Morgan fingerprint density at radius 3 is 2.61 bits per heavy atom. The number of hydrogen-bond acceptors (Lipinski definition) is 4. The van der Waals surface area contributed by atoms with Crippen molar-refractivity contribution in [1.29, 1.82) is 10.7 Å². The van der Waals surface area contributed by atoms with Gasteiger partial charge in [-0.25, -0.2) is 4.98 Å². The van der Waals surface area contributed by atoms with E-state index in [2.05, 4.69) is 24.9 Å². The minimum Gasteiger partial charge on any atom is -0.441 e. The summed E-state index contributed by atoms with van der Waals surface area (Å²) in [5.41, 5.74) is 4.94. The lowest BCUT2D eigenvalue weighted by atomic mass is 9.98. The first-order valence-electron chi connectivity index (χ1n) is 9.67. The van der Waals surface area contributed by atoms with Crippen molar-refractivity contribution < 1.29 is 4.42 Å². The summed E-state index contributed by atoms with van der Waals surface area (Å²) in [6.45, 7) is 6.09. The summed E-state index contributed by atoms with van der Waals surface area (Å²) < 4.78 is 5.87. The summed E-state index contributed by atoms with van der Waals surface area (Å²) in [5.74, 6) is 1.60. The summed E-state index contributed by atoms with van der Waals surface area (Å²) in [6.07, 6.45) is 2.37. The fraction of sp³-hybridized carbons (Fsp3) is 0.292. The van der Waals surface area contributed by atoms with E-state index in [9.17, 15) is 5.26 Å². The van der Waals surface area contributed by atoms with Crippen molar-refractivity contribution in [3.05, 3.63) is 65.5 Å². The molecule has 28 heavy (non-hydrogen) atoms.